The second kappa shape index (κ2) is 10.4. The third kappa shape index (κ3) is 6.19. The fourth-order valence-electron chi connectivity index (χ4n) is 2.42. The fraction of sp³-hybridized carbons (Fsp3) is 0.500. The van der Waals surface area contributed by atoms with E-state index in [1.807, 2.05) is 24.3 Å². The van der Waals surface area contributed by atoms with Crippen LogP contribution >= 0.6 is 24.8 Å². The topological polar surface area (TPSA) is 87.5 Å². The molecule has 2 atom stereocenters. The maximum Gasteiger partial charge on any atom is 0.246 e. The number of halogens is 2. The maximum absolute atomic E-state index is 12.1. The Bertz CT molecular complexity index is 549. The predicted molar refractivity (Wildman–Crippen MR) is 102 cm³/mol. The van der Waals surface area contributed by atoms with E-state index < -0.39 is 12.1 Å². The monoisotopic (exact) mass is 376 g/mol. The molecule has 136 valence electrons. The molecule has 1 heterocycles. The smallest absolute Gasteiger partial charge is 0.246 e. The first-order valence-electron chi connectivity index (χ1n) is 7.69. The van der Waals surface area contributed by atoms with Gasteiger partial charge in [-0.1, -0.05) is 6.07 Å². The van der Waals surface area contributed by atoms with Crippen molar-refractivity contribution in [3.05, 3.63) is 24.3 Å². The molecule has 6 nitrogen and oxygen atoms in total. The quantitative estimate of drug-likeness (QED) is 0.732. The lowest BCUT2D eigenvalue weighted by atomic mass is 10.2. The number of amides is 2. The van der Waals surface area contributed by atoms with Crippen LogP contribution in [0, 0.1) is 0 Å². The van der Waals surface area contributed by atoms with Crippen LogP contribution in [0.5, 0.6) is 0 Å². The number of nitrogens with one attached hydrogen (secondary N) is 2. The zero-order valence-corrected chi connectivity index (χ0v) is 15.6. The number of nitrogens with zero attached hydrogens (tertiary/aromatic N) is 1. The van der Waals surface area contributed by atoms with Crippen molar-refractivity contribution in [3.63, 3.8) is 0 Å². The summed E-state index contributed by atoms with van der Waals surface area (Å²) < 4.78 is 0. The minimum atomic E-state index is -0.631. The zero-order valence-electron chi connectivity index (χ0n) is 14.0. The Morgan fingerprint density at radius 3 is 2.33 bits per heavy atom. The van der Waals surface area contributed by atoms with E-state index >= 15 is 0 Å². The Morgan fingerprint density at radius 2 is 1.75 bits per heavy atom. The Balaban J connectivity index is 0.00000264. The summed E-state index contributed by atoms with van der Waals surface area (Å²) in [7, 11) is 0. The van der Waals surface area contributed by atoms with Crippen LogP contribution in [0.2, 0.25) is 0 Å². The van der Waals surface area contributed by atoms with Gasteiger partial charge in [0.2, 0.25) is 11.8 Å². The molecule has 0 aliphatic carbocycles. The molecule has 0 saturated carbocycles. The summed E-state index contributed by atoms with van der Waals surface area (Å²) in [5.41, 5.74) is 7.32. The normalized spacial score (nSPS) is 15.5. The van der Waals surface area contributed by atoms with Gasteiger partial charge in [-0.25, -0.2) is 0 Å². The highest BCUT2D eigenvalue weighted by molar-refractivity contribution is 5.97. The lowest BCUT2D eigenvalue weighted by Gasteiger charge is -2.19. The fourth-order valence-corrected chi connectivity index (χ4v) is 2.42. The molecule has 0 spiro atoms. The summed E-state index contributed by atoms with van der Waals surface area (Å²) in [6, 6.07) is 6.51. The third-order valence-electron chi connectivity index (χ3n) is 3.75. The van der Waals surface area contributed by atoms with Crippen LogP contribution < -0.4 is 21.3 Å². The van der Waals surface area contributed by atoms with Crippen molar-refractivity contribution in [2.24, 2.45) is 5.73 Å². The van der Waals surface area contributed by atoms with E-state index in [0.717, 1.165) is 24.5 Å². The average molecular weight is 377 g/mol. The number of hydrogen-bond acceptors (Lipinski definition) is 4. The van der Waals surface area contributed by atoms with Crippen molar-refractivity contribution in [3.8, 4) is 0 Å². The van der Waals surface area contributed by atoms with Gasteiger partial charge in [0.25, 0.3) is 0 Å². The molecule has 1 fully saturated rings. The Morgan fingerprint density at radius 1 is 1.12 bits per heavy atom. The highest BCUT2D eigenvalue weighted by Gasteiger charge is 2.18. The molecule has 1 saturated heterocycles. The molecule has 4 N–H and O–H groups in total. The van der Waals surface area contributed by atoms with E-state index in [9.17, 15) is 9.59 Å². The van der Waals surface area contributed by atoms with Gasteiger partial charge in [0.1, 0.15) is 6.04 Å². The molecule has 1 aliphatic heterocycles. The summed E-state index contributed by atoms with van der Waals surface area (Å²) in [5.74, 6) is -0.596. The van der Waals surface area contributed by atoms with Crippen LogP contribution in [-0.2, 0) is 9.59 Å². The van der Waals surface area contributed by atoms with Gasteiger partial charge in [0.15, 0.2) is 0 Å². The molecule has 1 aromatic carbocycles. The first-order chi connectivity index (χ1) is 10.5. The highest BCUT2D eigenvalue weighted by atomic mass is 35.5. The predicted octanol–water partition coefficient (Wildman–Crippen LogP) is 1.92. The summed E-state index contributed by atoms with van der Waals surface area (Å²) in [6.45, 7) is 5.33. The zero-order chi connectivity index (χ0) is 16.1. The summed E-state index contributed by atoms with van der Waals surface area (Å²) in [5, 5.41) is 5.41. The number of nitrogens with two attached hydrogens (primary N) is 1. The molecule has 0 bridgehead atoms. The van der Waals surface area contributed by atoms with Gasteiger partial charge in [0, 0.05) is 24.5 Å². The van der Waals surface area contributed by atoms with Crippen molar-refractivity contribution in [2.75, 3.05) is 23.3 Å². The van der Waals surface area contributed by atoms with Crippen molar-refractivity contribution in [1.29, 1.82) is 0 Å². The maximum atomic E-state index is 12.1. The molecule has 0 aromatic heterocycles. The second-order valence-corrected chi connectivity index (χ2v) is 5.75. The molecule has 0 radical (unpaired) electrons. The summed E-state index contributed by atoms with van der Waals surface area (Å²) >= 11 is 0. The highest BCUT2D eigenvalue weighted by Crippen LogP contribution is 2.23. The van der Waals surface area contributed by atoms with Gasteiger partial charge in [-0.2, -0.15) is 0 Å². The first kappa shape index (κ1) is 22.5. The molecule has 24 heavy (non-hydrogen) atoms. The number of carbonyl (C=O) groups is 2. The van der Waals surface area contributed by atoms with Crippen molar-refractivity contribution >= 4 is 48.0 Å². The Labute approximate surface area is 155 Å². The minimum absolute atomic E-state index is 0. The van der Waals surface area contributed by atoms with E-state index in [2.05, 4.69) is 15.5 Å². The van der Waals surface area contributed by atoms with E-state index in [-0.39, 0.29) is 36.6 Å². The van der Waals surface area contributed by atoms with E-state index in [0.29, 0.717) is 0 Å². The standard InChI is InChI=1S/C16H24N4O2.2ClH/c1-11(17)15(21)18-12(2)16(22)19-13-6-5-7-14(10-13)20-8-3-4-9-20;;/h5-7,10-12H,3-4,8-9,17H2,1-2H3,(H,18,21)(H,19,22);2*1H/t11-,12?;;/m1../s1. The summed E-state index contributed by atoms with van der Waals surface area (Å²) in [6.07, 6.45) is 2.41. The lowest BCUT2D eigenvalue weighted by Crippen LogP contribution is -2.47. The molecule has 8 heteroatoms. The second-order valence-electron chi connectivity index (χ2n) is 5.75. The van der Waals surface area contributed by atoms with Gasteiger partial charge in [-0.15, -0.1) is 24.8 Å². The van der Waals surface area contributed by atoms with Gasteiger partial charge >= 0.3 is 0 Å². The summed E-state index contributed by atoms with van der Waals surface area (Å²) in [4.78, 5) is 25.9. The Kier molecular flexibility index (Phi) is 9.73. The van der Waals surface area contributed by atoms with Crippen LogP contribution in [0.1, 0.15) is 26.7 Å². The van der Waals surface area contributed by atoms with Gasteiger partial charge in [0.05, 0.1) is 6.04 Å². The van der Waals surface area contributed by atoms with Crippen molar-refractivity contribution < 1.29 is 9.59 Å². The SMILES string of the molecule is CC(NC(=O)[C@@H](C)N)C(=O)Nc1cccc(N2CCCC2)c1.Cl.Cl. The van der Waals surface area contributed by atoms with Gasteiger partial charge in [-0.05, 0) is 44.9 Å². The molecule has 1 aliphatic rings. The average Bonchev–Trinajstić information content (AvgIpc) is 3.01. The molecule has 2 rings (SSSR count). The number of rotatable bonds is 5. The largest absolute Gasteiger partial charge is 0.371 e. The van der Waals surface area contributed by atoms with Crippen LogP contribution in [0.15, 0.2) is 24.3 Å². The molecule has 2 amide bonds. The van der Waals surface area contributed by atoms with Crippen LogP contribution in [-0.4, -0.2) is 37.0 Å². The lowest BCUT2D eigenvalue weighted by molar-refractivity contribution is -0.126. The van der Waals surface area contributed by atoms with E-state index in [1.165, 1.54) is 12.8 Å². The molecule has 1 aromatic rings. The molecular formula is C16H26Cl2N4O2. The third-order valence-corrected chi connectivity index (χ3v) is 3.75. The van der Waals surface area contributed by atoms with E-state index in [1.54, 1.807) is 13.8 Å². The number of carbonyl (C=O) groups excluding carboxylic acids is 2. The van der Waals surface area contributed by atoms with E-state index in [4.69, 9.17) is 5.73 Å². The Hall–Kier alpha value is -1.50. The molecule has 1 unspecified atom stereocenters. The number of hydrogen-bond donors (Lipinski definition) is 3. The number of anilines is 2. The van der Waals surface area contributed by atoms with Crippen LogP contribution in [0.25, 0.3) is 0 Å². The van der Waals surface area contributed by atoms with Gasteiger partial charge < -0.3 is 21.3 Å². The van der Waals surface area contributed by atoms with Crippen molar-refractivity contribution in [2.45, 2.75) is 38.8 Å². The minimum Gasteiger partial charge on any atom is -0.371 e. The van der Waals surface area contributed by atoms with Crippen molar-refractivity contribution in [1.82, 2.24) is 5.32 Å². The van der Waals surface area contributed by atoms with Gasteiger partial charge in [-0.3, -0.25) is 9.59 Å². The van der Waals surface area contributed by atoms with Crippen LogP contribution in [0.4, 0.5) is 11.4 Å². The number of benzene rings is 1. The first-order valence-corrected chi connectivity index (χ1v) is 7.69. The van der Waals surface area contributed by atoms with Crippen LogP contribution in [0.3, 0.4) is 0 Å². The molecular weight excluding hydrogens is 351 g/mol.